The van der Waals surface area contributed by atoms with Crippen LogP contribution >= 0.6 is 0 Å². The highest BCUT2D eigenvalue weighted by Gasteiger charge is 2.23. The van der Waals surface area contributed by atoms with Gasteiger partial charge >= 0.3 is 6.09 Å². The molecule has 0 aliphatic heterocycles. The van der Waals surface area contributed by atoms with Crippen LogP contribution in [-0.2, 0) is 9.53 Å². The molecule has 0 atom stereocenters. The molecule has 0 saturated heterocycles. The van der Waals surface area contributed by atoms with E-state index in [0.29, 0.717) is 6.42 Å². The summed E-state index contributed by atoms with van der Waals surface area (Å²) in [5.41, 5.74) is 0. The van der Waals surface area contributed by atoms with E-state index in [1.54, 1.807) is 0 Å². The van der Waals surface area contributed by atoms with E-state index < -0.39 is 0 Å². The Morgan fingerprint density at radius 2 is 1.62 bits per heavy atom. The molecule has 1 aliphatic carbocycles. The second kappa shape index (κ2) is 6.35. The number of methoxy groups -OCH3 is 1. The van der Waals surface area contributed by atoms with Crippen molar-refractivity contribution in [1.29, 1.82) is 0 Å². The molecule has 1 rings (SSSR count). The molecule has 16 heavy (non-hydrogen) atoms. The standard InChI is InChI=1S/C11H20N2O3/c1-3-10(14)12-8-4-6-9(7-5-8)13-11(15)16-2/h8-9H,3-7H2,1-2H3,(H,12,14)(H,13,15). The second-order valence-electron chi connectivity index (χ2n) is 4.11. The molecule has 0 spiro atoms. The van der Waals surface area contributed by atoms with E-state index in [1.807, 2.05) is 6.92 Å². The Bertz CT molecular complexity index is 222. The monoisotopic (exact) mass is 228 g/mol. The smallest absolute Gasteiger partial charge is 0.407 e. The lowest BCUT2D eigenvalue weighted by molar-refractivity contribution is -0.121. The SMILES string of the molecule is CCC(=O)NC1CCC(NC(=O)OC)CC1. The largest absolute Gasteiger partial charge is 0.453 e. The first kappa shape index (κ1) is 12.8. The van der Waals surface area contributed by atoms with Crippen molar-refractivity contribution in [3.63, 3.8) is 0 Å². The third-order valence-electron chi connectivity index (χ3n) is 2.92. The number of rotatable bonds is 3. The molecule has 1 aliphatic rings. The zero-order valence-electron chi connectivity index (χ0n) is 9.91. The van der Waals surface area contributed by atoms with Gasteiger partial charge in [0.15, 0.2) is 0 Å². The fraction of sp³-hybridized carbons (Fsp3) is 0.818. The first-order valence-electron chi connectivity index (χ1n) is 5.79. The summed E-state index contributed by atoms with van der Waals surface area (Å²) in [5.74, 6) is 0.101. The van der Waals surface area contributed by atoms with Gasteiger partial charge in [-0.3, -0.25) is 4.79 Å². The molecule has 2 N–H and O–H groups in total. The second-order valence-corrected chi connectivity index (χ2v) is 4.11. The third kappa shape index (κ3) is 4.08. The Labute approximate surface area is 95.9 Å². The van der Waals surface area contributed by atoms with Crippen molar-refractivity contribution in [2.75, 3.05) is 7.11 Å². The van der Waals surface area contributed by atoms with Crippen LogP contribution in [0.2, 0.25) is 0 Å². The van der Waals surface area contributed by atoms with Crippen LogP contribution in [0.15, 0.2) is 0 Å². The van der Waals surface area contributed by atoms with E-state index in [-0.39, 0.29) is 24.1 Å². The van der Waals surface area contributed by atoms with Gasteiger partial charge in [0, 0.05) is 18.5 Å². The van der Waals surface area contributed by atoms with Gasteiger partial charge in [-0.15, -0.1) is 0 Å². The fourth-order valence-electron chi connectivity index (χ4n) is 1.94. The molecule has 0 aromatic carbocycles. The maximum absolute atomic E-state index is 11.2. The van der Waals surface area contributed by atoms with Crippen LogP contribution < -0.4 is 10.6 Å². The van der Waals surface area contributed by atoms with Gasteiger partial charge in [-0.2, -0.15) is 0 Å². The van der Waals surface area contributed by atoms with Gasteiger partial charge in [-0.1, -0.05) is 6.92 Å². The first-order valence-corrected chi connectivity index (χ1v) is 5.79. The molecule has 1 saturated carbocycles. The average molecular weight is 228 g/mol. The highest BCUT2D eigenvalue weighted by molar-refractivity contribution is 5.75. The minimum Gasteiger partial charge on any atom is -0.453 e. The van der Waals surface area contributed by atoms with Crippen LogP contribution in [0.3, 0.4) is 0 Å². The Hall–Kier alpha value is -1.26. The summed E-state index contributed by atoms with van der Waals surface area (Å²) in [7, 11) is 1.36. The van der Waals surface area contributed by atoms with Gasteiger partial charge in [-0.05, 0) is 25.7 Å². The van der Waals surface area contributed by atoms with Crippen LogP contribution in [0, 0.1) is 0 Å². The minimum absolute atomic E-state index is 0.101. The number of alkyl carbamates (subject to hydrolysis) is 1. The van der Waals surface area contributed by atoms with Gasteiger partial charge in [0.1, 0.15) is 0 Å². The Balaban J connectivity index is 2.23. The summed E-state index contributed by atoms with van der Waals surface area (Å²) < 4.78 is 4.54. The Kier molecular flexibility index (Phi) is 5.08. The zero-order chi connectivity index (χ0) is 12.0. The molecule has 1 fully saturated rings. The molecule has 0 unspecified atom stereocenters. The molecule has 2 amide bonds. The van der Waals surface area contributed by atoms with E-state index in [1.165, 1.54) is 7.11 Å². The van der Waals surface area contributed by atoms with Crippen molar-refractivity contribution in [3.05, 3.63) is 0 Å². The number of hydrogen-bond acceptors (Lipinski definition) is 3. The molecule has 0 bridgehead atoms. The highest BCUT2D eigenvalue weighted by atomic mass is 16.5. The van der Waals surface area contributed by atoms with Crippen molar-refractivity contribution in [1.82, 2.24) is 10.6 Å². The summed E-state index contributed by atoms with van der Waals surface area (Å²) in [5, 5.41) is 5.76. The van der Waals surface area contributed by atoms with Crippen molar-refractivity contribution in [2.24, 2.45) is 0 Å². The molecule has 0 aromatic heterocycles. The van der Waals surface area contributed by atoms with Gasteiger partial charge in [-0.25, -0.2) is 4.79 Å². The number of carbonyl (C=O) groups is 2. The summed E-state index contributed by atoms with van der Waals surface area (Å²) in [4.78, 5) is 22.2. The molecule has 0 aromatic rings. The predicted molar refractivity (Wildman–Crippen MR) is 60.0 cm³/mol. The number of carbonyl (C=O) groups excluding carboxylic acids is 2. The van der Waals surface area contributed by atoms with Crippen LogP contribution in [0.1, 0.15) is 39.0 Å². The highest BCUT2D eigenvalue weighted by Crippen LogP contribution is 2.18. The van der Waals surface area contributed by atoms with Gasteiger partial charge < -0.3 is 15.4 Å². The van der Waals surface area contributed by atoms with E-state index >= 15 is 0 Å². The normalized spacial score (nSPS) is 24.6. The third-order valence-corrected chi connectivity index (χ3v) is 2.92. The van der Waals surface area contributed by atoms with Crippen LogP contribution in [0.4, 0.5) is 4.79 Å². The van der Waals surface area contributed by atoms with Crippen molar-refractivity contribution in [2.45, 2.75) is 51.1 Å². The molecular formula is C11H20N2O3. The number of ether oxygens (including phenoxy) is 1. The van der Waals surface area contributed by atoms with Crippen molar-refractivity contribution < 1.29 is 14.3 Å². The predicted octanol–water partition coefficient (Wildman–Crippen LogP) is 1.18. The topological polar surface area (TPSA) is 67.4 Å². The van der Waals surface area contributed by atoms with Crippen molar-refractivity contribution in [3.8, 4) is 0 Å². The summed E-state index contributed by atoms with van der Waals surface area (Å²) in [6.45, 7) is 1.85. The lowest BCUT2D eigenvalue weighted by Crippen LogP contribution is -2.43. The van der Waals surface area contributed by atoms with E-state index in [0.717, 1.165) is 25.7 Å². The molecule has 5 heteroatoms. The maximum Gasteiger partial charge on any atom is 0.407 e. The lowest BCUT2D eigenvalue weighted by Gasteiger charge is -2.29. The minimum atomic E-state index is -0.374. The van der Waals surface area contributed by atoms with Gasteiger partial charge in [0.2, 0.25) is 5.91 Å². The van der Waals surface area contributed by atoms with Crippen LogP contribution in [-0.4, -0.2) is 31.2 Å². The van der Waals surface area contributed by atoms with Gasteiger partial charge in [0.05, 0.1) is 7.11 Å². The summed E-state index contributed by atoms with van der Waals surface area (Å²) in [6.07, 6.45) is 3.77. The van der Waals surface area contributed by atoms with Gasteiger partial charge in [0.25, 0.3) is 0 Å². The van der Waals surface area contributed by atoms with E-state index in [2.05, 4.69) is 15.4 Å². The lowest BCUT2D eigenvalue weighted by atomic mass is 9.91. The number of amides is 2. The first-order chi connectivity index (χ1) is 7.65. The molecule has 5 nitrogen and oxygen atoms in total. The molecule has 0 radical (unpaired) electrons. The Morgan fingerprint density at radius 3 is 2.06 bits per heavy atom. The molecule has 0 heterocycles. The Morgan fingerprint density at radius 1 is 1.12 bits per heavy atom. The number of hydrogen-bond donors (Lipinski definition) is 2. The van der Waals surface area contributed by atoms with Crippen LogP contribution in [0.25, 0.3) is 0 Å². The quantitative estimate of drug-likeness (QED) is 0.762. The van der Waals surface area contributed by atoms with Crippen molar-refractivity contribution >= 4 is 12.0 Å². The fourth-order valence-corrected chi connectivity index (χ4v) is 1.94. The van der Waals surface area contributed by atoms with E-state index in [4.69, 9.17) is 0 Å². The molecule has 92 valence electrons. The molecular weight excluding hydrogens is 208 g/mol. The van der Waals surface area contributed by atoms with Crippen LogP contribution in [0.5, 0.6) is 0 Å². The summed E-state index contributed by atoms with van der Waals surface area (Å²) >= 11 is 0. The maximum atomic E-state index is 11.2. The summed E-state index contributed by atoms with van der Waals surface area (Å²) in [6, 6.07) is 0.449. The number of nitrogens with one attached hydrogen (secondary N) is 2. The zero-order valence-corrected chi connectivity index (χ0v) is 9.91. The average Bonchev–Trinajstić information content (AvgIpc) is 2.31. The van der Waals surface area contributed by atoms with E-state index in [9.17, 15) is 9.59 Å².